The minimum absolute atomic E-state index is 0.323. The van der Waals surface area contributed by atoms with Crippen molar-refractivity contribution in [3.05, 3.63) is 36.9 Å². The molecule has 0 saturated heterocycles. The lowest BCUT2D eigenvalue weighted by atomic mass is 10.2. The van der Waals surface area contributed by atoms with Crippen molar-refractivity contribution in [2.75, 3.05) is 7.11 Å². The molecule has 0 amide bonds. The Morgan fingerprint density at radius 2 is 1.91 bits per heavy atom. The molecule has 0 heterocycles. The smallest absolute Gasteiger partial charge is 0.174 e. The fourth-order valence-electron chi connectivity index (χ4n) is 0.805. The quantitative estimate of drug-likeness (QED) is 0.652. The summed E-state index contributed by atoms with van der Waals surface area (Å²) in [5.74, 6) is 0.818. The highest BCUT2D eigenvalue weighted by molar-refractivity contribution is 5.26. The molecule has 1 rings (SSSR count). The lowest BCUT2D eigenvalue weighted by molar-refractivity contribution is 0.229. The summed E-state index contributed by atoms with van der Waals surface area (Å²) in [6, 6.07) is 7.42. The maximum atomic E-state index is 6.51. The van der Waals surface area contributed by atoms with E-state index in [9.17, 15) is 0 Å². The van der Waals surface area contributed by atoms with E-state index in [0.29, 0.717) is 6.61 Å². The number of hydrogen-bond acceptors (Lipinski definition) is 2. The van der Waals surface area contributed by atoms with Crippen LogP contribution >= 0.6 is 0 Å². The molecule has 0 aromatic heterocycles. The lowest BCUT2D eigenvalue weighted by Gasteiger charge is -2.00. The van der Waals surface area contributed by atoms with E-state index in [1.165, 1.54) is 0 Å². The number of benzene rings is 1. The van der Waals surface area contributed by atoms with Crippen LogP contribution in [0.15, 0.2) is 24.3 Å². The van der Waals surface area contributed by atoms with Crippen molar-refractivity contribution >= 4 is 0 Å². The van der Waals surface area contributed by atoms with Gasteiger partial charge < -0.3 is 9.47 Å². The Bertz CT molecular complexity index is 203. The molecule has 3 radical (unpaired) electrons. The summed E-state index contributed by atoms with van der Waals surface area (Å²) >= 11 is 0. The number of methoxy groups -OCH3 is 1. The van der Waals surface area contributed by atoms with Gasteiger partial charge in [-0.2, -0.15) is 0 Å². The molecule has 2 nitrogen and oxygen atoms in total. The van der Waals surface area contributed by atoms with Crippen molar-refractivity contribution in [1.82, 2.24) is 0 Å². The summed E-state index contributed by atoms with van der Waals surface area (Å²) in [7, 11) is 8.13. The highest BCUT2D eigenvalue weighted by Crippen LogP contribution is 2.11. The third kappa shape index (κ3) is 2.24. The van der Waals surface area contributed by atoms with Gasteiger partial charge in [0.05, 0.1) is 13.7 Å². The lowest BCUT2D eigenvalue weighted by Crippen LogP contribution is -1.86. The van der Waals surface area contributed by atoms with Gasteiger partial charge in [-0.05, 0) is 17.7 Å². The maximum absolute atomic E-state index is 6.51. The first kappa shape index (κ1) is 8.08. The van der Waals surface area contributed by atoms with E-state index >= 15 is 0 Å². The highest BCUT2D eigenvalue weighted by Gasteiger charge is 1.91. The summed E-state index contributed by atoms with van der Waals surface area (Å²) < 4.78 is 9.17. The summed E-state index contributed by atoms with van der Waals surface area (Å²) in [6.07, 6.45) is 0. The van der Waals surface area contributed by atoms with Gasteiger partial charge in [0.25, 0.3) is 0 Å². The van der Waals surface area contributed by atoms with E-state index in [1.807, 2.05) is 24.3 Å². The fourth-order valence-corrected chi connectivity index (χ4v) is 0.805. The van der Waals surface area contributed by atoms with Gasteiger partial charge in [0, 0.05) is 0 Å². The summed E-state index contributed by atoms with van der Waals surface area (Å²) in [6.45, 7) is 0.323. The van der Waals surface area contributed by atoms with Crippen LogP contribution in [0.25, 0.3) is 0 Å². The van der Waals surface area contributed by atoms with Gasteiger partial charge in [-0.25, -0.2) is 0 Å². The van der Waals surface area contributed by atoms with Crippen LogP contribution in [0.1, 0.15) is 5.56 Å². The zero-order chi connectivity index (χ0) is 8.10. The molecule has 0 saturated carbocycles. The van der Waals surface area contributed by atoms with Crippen molar-refractivity contribution in [2.24, 2.45) is 0 Å². The number of ether oxygens (including phenoxy) is 2. The predicted molar refractivity (Wildman–Crippen MR) is 41.0 cm³/mol. The van der Waals surface area contributed by atoms with Gasteiger partial charge in [0.15, 0.2) is 7.11 Å². The highest BCUT2D eigenvalue weighted by atomic mass is 16.5. The van der Waals surface area contributed by atoms with Crippen LogP contribution in [0.2, 0.25) is 0 Å². The summed E-state index contributed by atoms with van der Waals surface area (Å²) in [5.41, 5.74) is 0.973. The third-order valence-electron chi connectivity index (χ3n) is 1.40. The Morgan fingerprint density at radius 3 is 2.36 bits per heavy atom. The van der Waals surface area contributed by atoms with E-state index in [2.05, 4.69) is 4.74 Å². The molecular formula is C9H9O2. The molecule has 11 heavy (non-hydrogen) atoms. The average molecular weight is 149 g/mol. The first-order valence-corrected chi connectivity index (χ1v) is 3.28. The van der Waals surface area contributed by atoms with Crippen LogP contribution in [0.3, 0.4) is 0 Å². The van der Waals surface area contributed by atoms with E-state index < -0.39 is 0 Å². The van der Waals surface area contributed by atoms with Gasteiger partial charge in [0.2, 0.25) is 0 Å². The molecule has 0 aliphatic rings. The Hall–Kier alpha value is -1.02. The first-order valence-electron chi connectivity index (χ1n) is 3.28. The Morgan fingerprint density at radius 1 is 1.27 bits per heavy atom. The predicted octanol–water partition coefficient (Wildman–Crippen LogP) is 1.76. The third-order valence-corrected chi connectivity index (χ3v) is 1.40. The van der Waals surface area contributed by atoms with Crippen LogP contribution in [-0.4, -0.2) is 7.11 Å². The molecule has 0 bridgehead atoms. The zero-order valence-corrected chi connectivity index (χ0v) is 6.33. The molecule has 0 spiro atoms. The standard InChI is InChI=1S/C9H9O2/c1-10-7-8-3-5-9(11-2)6-4-8/h3-6H,7H2,2H3. The summed E-state index contributed by atoms with van der Waals surface area (Å²) in [5, 5.41) is 0. The second kappa shape index (κ2) is 3.98. The number of rotatable bonds is 3. The second-order valence-corrected chi connectivity index (χ2v) is 2.14. The second-order valence-electron chi connectivity index (χ2n) is 2.14. The maximum Gasteiger partial charge on any atom is 0.174 e. The Balaban J connectivity index is 2.66. The van der Waals surface area contributed by atoms with Crippen molar-refractivity contribution < 1.29 is 9.47 Å². The first-order chi connectivity index (χ1) is 5.36. The van der Waals surface area contributed by atoms with Crippen LogP contribution in [-0.2, 0) is 11.3 Å². The van der Waals surface area contributed by atoms with Crippen molar-refractivity contribution in [3.63, 3.8) is 0 Å². The van der Waals surface area contributed by atoms with Gasteiger partial charge >= 0.3 is 0 Å². The van der Waals surface area contributed by atoms with E-state index in [4.69, 9.17) is 11.8 Å². The zero-order valence-electron chi connectivity index (χ0n) is 6.33. The fraction of sp³-hybridized carbons (Fsp3) is 0.222. The summed E-state index contributed by atoms with van der Waals surface area (Å²) in [4.78, 5) is 0. The van der Waals surface area contributed by atoms with Gasteiger partial charge in [-0.3, -0.25) is 0 Å². The molecule has 0 N–H and O–H groups in total. The van der Waals surface area contributed by atoms with Gasteiger partial charge in [0.1, 0.15) is 5.75 Å². The minimum atomic E-state index is 0.323. The Labute approximate surface area is 66.8 Å². The van der Waals surface area contributed by atoms with Crippen molar-refractivity contribution in [3.8, 4) is 5.75 Å². The number of hydrogen-bond donors (Lipinski definition) is 0. The molecule has 1 aromatic carbocycles. The average Bonchev–Trinajstić information content (AvgIpc) is 2.07. The molecule has 0 unspecified atom stereocenters. The van der Waals surface area contributed by atoms with Crippen molar-refractivity contribution in [1.29, 1.82) is 0 Å². The van der Waals surface area contributed by atoms with Crippen LogP contribution < -0.4 is 4.74 Å². The molecule has 0 atom stereocenters. The topological polar surface area (TPSA) is 18.5 Å². The van der Waals surface area contributed by atoms with Crippen molar-refractivity contribution in [2.45, 2.75) is 6.61 Å². The van der Waals surface area contributed by atoms with E-state index in [1.54, 1.807) is 7.11 Å². The molecule has 0 aliphatic carbocycles. The molecule has 2 heteroatoms. The van der Waals surface area contributed by atoms with Crippen LogP contribution in [0.5, 0.6) is 5.75 Å². The molecule has 0 aliphatic heterocycles. The molecule has 1 aromatic rings. The minimum Gasteiger partial charge on any atom is -0.497 e. The molecular weight excluding hydrogens is 140 g/mol. The van der Waals surface area contributed by atoms with Gasteiger partial charge in [-0.15, -0.1) is 0 Å². The van der Waals surface area contributed by atoms with E-state index in [-0.39, 0.29) is 0 Å². The monoisotopic (exact) mass is 149 g/mol. The van der Waals surface area contributed by atoms with Gasteiger partial charge in [-0.1, -0.05) is 12.1 Å². The normalized spacial score (nSPS) is 9.64. The Kier molecular flexibility index (Phi) is 2.93. The van der Waals surface area contributed by atoms with E-state index in [0.717, 1.165) is 11.3 Å². The van der Waals surface area contributed by atoms with Crippen LogP contribution in [0, 0.1) is 7.11 Å². The SMILES string of the molecule is [C]OCc1ccc(OC)cc1. The van der Waals surface area contributed by atoms with Crippen LogP contribution in [0.4, 0.5) is 0 Å². The molecule has 0 fully saturated rings. The largest absolute Gasteiger partial charge is 0.497 e. The molecule has 57 valence electrons.